The molecule has 0 unspecified atom stereocenters. The predicted molar refractivity (Wildman–Crippen MR) is 89.8 cm³/mol. The van der Waals surface area contributed by atoms with E-state index >= 15 is 0 Å². The van der Waals surface area contributed by atoms with Crippen molar-refractivity contribution in [2.24, 2.45) is 4.99 Å². The molecule has 24 heavy (non-hydrogen) atoms. The van der Waals surface area contributed by atoms with E-state index in [1.807, 2.05) is 0 Å². The first-order chi connectivity index (χ1) is 11.5. The summed E-state index contributed by atoms with van der Waals surface area (Å²) in [7, 11) is 0. The van der Waals surface area contributed by atoms with E-state index in [0.29, 0.717) is 10.6 Å². The Morgan fingerprint density at radius 2 is 1.83 bits per heavy atom. The third-order valence-electron chi connectivity index (χ3n) is 3.25. The average Bonchev–Trinajstić information content (AvgIpc) is 2.90. The zero-order valence-corrected chi connectivity index (χ0v) is 13.8. The minimum Gasteiger partial charge on any atom is -0.267 e. The molecule has 0 aliphatic rings. The lowest BCUT2D eigenvalue weighted by molar-refractivity contribution is 0.0998. The molecule has 0 saturated carbocycles. The summed E-state index contributed by atoms with van der Waals surface area (Å²) in [6.45, 7) is 0.186. The van der Waals surface area contributed by atoms with E-state index in [9.17, 15) is 14.0 Å². The van der Waals surface area contributed by atoms with Gasteiger partial charge in [0.25, 0.3) is 5.91 Å². The first-order valence-electron chi connectivity index (χ1n) is 6.90. The molecule has 8 heteroatoms. The Balaban J connectivity index is 1.94. The topological polar surface area (TPSA) is 67.2 Å². The van der Waals surface area contributed by atoms with Gasteiger partial charge in [-0.1, -0.05) is 23.7 Å². The average molecular weight is 364 g/mol. The van der Waals surface area contributed by atoms with Gasteiger partial charge in [0.05, 0.1) is 6.54 Å². The van der Waals surface area contributed by atoms with E-state index in [0.717, 1.165) is 17.1 Å². The summed E-state index contributed by atoms with van der Waals surface area (Å²) in [5, 5.41) is 0.518. The Labute approximate surface area is 144 Å². The molecule has 0 atom stereocenters. The lowest BCUT2D eigenvalue weighted by Gasteiger charge is -2.01. The van der Waals surface area contributed by atoms with Crippen molar-refractivity contribution in [3.05, 3.63) is 85.8 Å². The molecule has 1 N–H and O–H groups in total. The maximum atomic E-state index is 13.0. The van der Waals surface area contributed by atoms with E-state index in [4.69, 9.17) is 11.6 Å². The second-order valence-corrected chi connectivity index (χ2v) is 6.14. The normalized spacial score (nSPS) is 11.7. The van der Waals surface area contributed by atoms with Crippen LogP contribution in [0.1, 0.15) is 15.9 Å². The van der Waals surface area contributed by atoms with Gasteiger partial charge in [-0.25, -0.2) is 9.18 Å². The number of hydrogen-bond acceptors (Lipinski definition) is 3. The first-order valence-corrected chi connectivity index (χ1v) is 8.10. The van der Waals surface area contributed by atoms with Crippen molar-refractivity contribution in [1.29, 1.82) is 0 Å². The molecule has 2 aromatic carbocycles. The Morgan fingerprint density at radius 3 is 2.50 bits per heavy atom. The summed E-state index contributed by atoms with van der Waals surface area (Å²) >= 11 is 6.75. The number of aromatic amines is 1. The van der Waals surface area contributed by atoms with Crippen molar-refractivity contribution < 1.29 is 9.18 Å². The molecule has 0 bridgehead atoms. The maximum Gasteiger partial charge on any atom is 0.337 e. The summed E-state index contributed by atoms with van der Waals surface area (Å²) in [6.07, 6.45) is 0. The van der Waals surface area contributed by atoms with Crippen LogP contribution in [0.5, 0.6) is 0 Å². The third kappa shape index (κ3) is 3.69. The van der Waals surface area contributed by atoms with Crippen LogP contribution in [-0.4, -0.2) is 14.8 Å². The van der Waals surface area contributed by atoms with Crippen molar-refractivity contribution in [3.8, 4) is 0 Å². The van der Waals surface area contributed by atoms with Crippen molar-refractivity contribution in [2.75, 3.05) is 0 Å². The molecule has 3 aromatic rings. The van der Waals surface area contributed by atoms with E-state index in [1.165, 1.54) is 16.7 Å². The fourth-order valence-electron chi connectivity index (χ4n) is 2.03. The molecule has 1 amide bonds. The second kappa shape index (κ2) is 6.94. The van der Waals surface area contributed by atoms with Crippen molar-refractivity contribution in [3.63, 3.8) is 0 Å². The maximum absolute atomic E-state index is 13.0. The summed E-state index contributed by atoms with van der Waals surface area (Å²) < 4.78 is 16.8. The summed E-state index contributed by atoms with van der Waals surface area (Å²) in [4.78, 5) is 28.4. The molecule has 122 valence electrons. The number of halogens is 2. The number of amides is 1. The van der Waals surface area contributed by atoms with Crippen molar-refractivity contribution in [1.82, 2.24) is 8.94 Å². The Hall–Kier alpha value is -2.51. The van der Waals surface area contributed by atoms with E-state index < -0.39 is 5.91 Å². The van der Waals surface area contributed by atoms with Gasteiger partial charge in [0.2, 0.25) is 4.80 Å². The monoisotopic (exact) mass is 363 g/mol. The fourth-order valence-corrected chi connectivity index (χ4v) is 2.83. The van der Waals surface area contributed by atoms with Crippen molar-refractivity contribution in [2.45, 2.75) is 6.54 Å². The van der Waals surface area contributed by atoms with Crippen LogP contribution in [0.2, 0.25) is 5.02 Å². The third-order valence-corrected chi connectivity index (χ3v) is 4.27. The highest BCUT2D eigenvalue weighted by atomic mass is 35.5. The van der Waals surface area contributed by atoms with Crippen LogP contribution >= 0.6 is 23.1 Å². The number of H-pyrrole nitrogens is 1. The summed E-state index contributed by atoms with van der Waals surface area (Å²) in [5.74, 6) is -0.833. The van der Waals surface area contributed by atoms with Crippen molar-refractivity contribution >= 4 is 29.0 Å². The number of nitrogens with one attached hydrogen (secondary N) is 1. The van der Waals surface area contributed by atoms with Gasteiger partial charge in [-0.05, 0) is 53.5 Å². The van der Waals surface area contributed by atoms with Crippen LogP contribution in [0.25, 0.3) is 0 Å². The fraction of sp³-hybridized carbons (Fsp3) is 0.0625. The van der Waals surface area contributed by atoms with Gasteiger partial charge in [-0.2, -0.15) is 4.99 Å². The Bertz CT molecular complexity index is 988. The first kappa shape index (κ1) is 16.4. The highest BCUT2D eigenvalue weighted by Gasteiger charge is 2.08. The smallest absolute Gasteiger partial charge is 0.267 e. The van der Waals surface area contributed by atoms with Gasteiger partial charge < -0.3 is 0 Å². The van der Waals surface area contributed by atoms with E-state index in [2.05, 4.69) is 9.37 Å². The highest BCUT2D eigenvalue weighted by Crippen LogP contribution is 2.10. The van der Waals surface area contributed by atoms with Crippen LogP contribution < -0.4 is 10.5 Å². The van der Waals surface area contributed by atoms with Crippen LogP contribution in [0.3, 0.4) is 0 Å². The molecule has 0 aliphatic heterocycles. The standard InChI is InChI=1S/C16H11ClFN3O2S/c17-12-5-3-11(4-6-12)14(22)19-16-21(15(23)20-24-16)9-10-1-7-13(18)8-2-10/h1-8H,9H2,(H,20,23)/b19-16-. The number of aromatic nitrogens is 2. The lowest BCUT2D eigenvalue weighted by atomic mass is 10.2. The zero-order chi connectivity index (χ0) is 17.1. The molecule has 3 rings (SSSR count). The molecular weight excluding hydrogens is 353 g/mol. The molecule has 1 aromatic heterocycles. The Kier molecular flexibility index (Phi) is 4.73. The van der Waals surface area contributed by atoms with E-state index in [1.54, 1.807) is 36.4 Å². The van der Waals surface area contributed by atoms with Gasteiger partial charge in [-0.3, -0.25) is 13.7 Å². The van der Waals surface area contributed by atoms with Crippen LogP contribution in [-0.2, 0) is 6.54 Å². The minimum absolute atomic E-state index is 0.186. The number of benzene rings is 2. The Morgan fingerprint density at radius 1 is 1.17 bits per heavy atom. The second-order valence-electron chi connectivity index (χ2n) is 4.93. The number of carbonyl (C=O) groups is 1. The molecular formula is C16H11ClFN3O2S. The van der Waals surface area contributed by atoms with Gasteiger partial charge in [0.15, 0.2) is 0 Å². The largest absolute Gasteiger partial charge is 0.337 e. The number of carbonyl (C=O) groups excluding carboxylic acids is 1. The van der Waals surface area contributed by atoms with Crippen LogP contribution in [0, 0.1) is 5.82 Å². The SMILES string of the molecule is O=C(/N=c1\s[nH]c(=O)n1Cc1ccc(F)cc1)c1ccc(Cl)cc1. The molecule has 0 fully saturated rings. The van der Waals surface area contributed by atoms with Gasteiger partial charge in [-0.15, -0.1) is 0 Å². The van der Waals surface area contributed by atoms with E-state index in [-0.39, 0.29) is 22.9 Å². The van der Waals surface area contributed by atoms with Crippen LogP contribution in [0.15, 0.2) is 58.3 Å². The number of nitrogens with zero attached hydrogens (tertiary/aromatic N) is 2. The van der Waals surface area contributed by atoms with Gasteiger partial charge in [0, 0.05) is 10.6 Å². The zero-order valence-electron chi connectivity index (χ0n) is 12.2. The lowest BCUT2D eigenvalue weighted by Crippen LogP contribution is -2.28. The number of rotatable bonds is 3. The predicted octanol–water partition coefficient (Wildman–Crippen LogP) is 2.82. The quantitative estimate of drug-likeness (QED) is 0.777. The molecule has 0 spiro atoms. The number of hydrogen-bond donors (Lipinski definition) is 1. The highest BCUT2D eigenvalue weighted by molar-refractivity contribution is 7.02. The minimum atomic E-state index is -0.477. The molecule has 0 radical (unpaired) electrons. The molecule has 0 aliphatic carbocycles. The molecule has 1 heterocycles. The van der Waals surface area contributed by atoms with Crippen LogP contribution in [0.4, 0.5) is 4.39 Å². The summed E-state index contributed by atoms with van der Waals surface area (Å²) in [6, 6.07) is 12.1. The molecule has 5 nitrogen and oxygen atoms in total. The van der Waals surface area contributed by atoms with Gasteiger partial charge >= 0.3 is 5.69 Å². The van der Waals surface area contributed by atoms with Gasteiger partial charge in [0.1, 0.15) is 5.82 Å². The summed E-state index contributed by atoms with van der Waals surface area (Å²) in [5.41, 5.74) is 0.709. The molecule has 0 saturated heterocycles.